The van der Waals surface area contributed by atoms with Gasteiger partial charge in [-0.25, -0.2) is 4.98 Å². The minimum atomic E-state index is 0.341. The van der Waals surface area contributed by atoms with Crippen LogP contribution in [-0.4, -0.2) is 12.0 Å². The van der Waals surface area contributed by atoms with Crippen molar-refractivity contribution in [2.24, 2.45) is 5.41 Å². The second-order valence-electron chi connectivity index (χ2n) is 4.93. The van der Waals surface area contributed by atoms with Gasteiger partial charge in [0.05, 0.1) is 6.04 Å². The lowest BCUT2D eigenvalue weighted by Gasteiger charge is -2.24. The van der Waals surface area contributed by atoms with Crippen molar-refractivity contribution in [3.8, 4) is 0 Å². The summed E-state index contributed by atoms with van der Waals surface area (Å²) in [6, 6.07) is 0.397. The molecule has 80 valence electrons. The molecule has 0 radical (unpaired) electrons. The van der Waals surface area contributed by atoms with Crippen LogP contribution in [0.1, 0.15) is 43.9 Å². The molecule has 2 nitrogen and oxygen atoms in total. The molecule has 1 atom stereocenters. The average Bonchev–Trinajstić information content (AvgIpc) is 2.46. The first-order valence-electron chi connectivity index (χ1n) is 5.01. The summed E-state index contributed by atoms with van der Waals surface area (Å²) in [5.41, 5.74) is 1.46. The fourth-order valence-electron chi connectivity index (χ4n) is 1.46. The predicted octanol–water partition coefficient (Wildman–Crippen LogP) is 3.15. The van der Waals surface area contributed by atoms with Crippen LogP contribution in [-0.2, 0) is 0 Å². The van der Waals surface area contributed by atoms with Gasteiger partial charge in [-0.3, -0.25) is 0 Å². The number of hydrogen-bond donors (Lipinski definition) is 1. The minimum Gasteiger partial charge on any atom is -0.311 e. The van der Waals surface area contributed by atoms with Crippen molar-refractivity contribution in [2.45, 2.75) is 40.2 Å². The van der Waals surface area contributed by atoms with Gasteiger partial charge in [0.15, 0.2) is 0 Å². The van der Waals surface area contributed by atoms with E-state index in [9.17, 15) is 0 Å². The summed E-state index contributed by atoms with van der Waals surface area (Å²) in [7, 11) is 2.01. The van der Waals surface area contributed by atoms with Gasteiger partial charge in [0, 0.05) is 11.1 Å². The molecule has 0 spiro atoms. The lowest BCUT2D eigenvalue weighted by Crippen LogP contribution is -2.22. The fraction of sp³-hybridized carbons (Fsp3) is 0.727. The van der Waals surface area contributed by atoms with E-state index < -0.39 is 0 Å². The van der Waals surface area contributed by atoms with E-state index in [-0.39, 0.29) is 0 Å². The van der Waals surface area contributed by atoms with E-state index in [1.54, 1.807) is 11.3 Å². The second kappa shape index (κ2) is 4.41. The van der Waals surface area contributed by atoms with Crippen LogP contribution < -0.4 is 5.32 Å². The van der Waals surface area contributed by atoms with Crippen LogP contribution in [0.5, 0.6) is 0 Å². The Morgan fingerprint density at radius 2 is 2.14 bits per heavy atom. The normalized spacial score (nSPS) is 14.4. The lowest BCUT2D eigenvalue weighted by molar-refractivity contribution is 0.320. The van der Waals surface area contributed by atoms with Gasteiger partial charge < -0.3 is 5.32 Å². The van der Waals surface area contributed by atoms with E-state index >= 15 is 0 Å². The van der Waals surface area contributed by atoms with Crippen molar-refractivity contribution in [2.75, 3.05) is 7.05 Å². The molecule has 1 N–H and O–H groups in total. The highest BCUT2D eigenvalue weighted by Crippen LogP contribution is 2.30. The van der Waals surface area contributed by atoms with E-state index in [1.165, 1.54) is 5.01 Å². The Hall–Kier alpha value is -0.410. The van der Waals surface area contributed by atoms with Crippen LogP contribution in [0, 0.1) is 12.3 Å². The molecule has 0 saturated heterocycles. The summed E-state index contributed by atoms with van der Waals surface area (Å²) >= 11 is 1.75. The molecule has 1 unspecified atom stereocenters. The molecule has 0 saturated carbocycles. The zero-order chi connectivity index (χ0) is 10.8. The topological polar surface area (TPSA) is 24.9 Å². The van der Waals surface area contributed by atoms with Gasteiger partial charge in [0.1, 0.15) is 5.01 Å². The highest BCUT2D eigenvalue weighted by Gasteiger charge is 2.20. The standard InChI is InChI=1S/C11H20N2S/c1-8-7-14-10(13-8)9(12-5)6-11(2,3)4/h7,9,12H,6H2,1-5H3. The van der Waals surface area contributed by atoms with Crippen LogP contribution in [0.25, 0.3) is 0 Å². The molecular formula is C11H20N2S. The summed E-state index contributed by atoms with van der Waals surface area (Å²) in [5.74, 6) is 0. The first kappa shape index (κ1) is 11.7. The molecule has 1 heterocycles. The van der Waals surface area contributed by atoms with Gasteiger partial charge >= 0.3 is 0 Å². The Morgan fingerprint density at radius 1 is 1.50 bits per heavy atom. The van der Waals surface area contributed by atoms with Crippen molar-refractivity contribution in [1.29, 1.82) is 0 Å². The molecule has 0 aliphatic heterocycles. The number of aryl methyl sites for hydroxylation is 1. The van der Waals surface area contributed by atoms with Crippen LogP contribution in [0.15, 0.2) is 5.38 Å². The van der Waals surface area contributed by atoms with Gasteiger partial charge in [-0.1, -0.05) is 20.8 Å². The lowest BCUT2D eigenvalue weighted by atomic mass is 9.88. The van der Waals surface area contributed by atoms with Crippen molar-refractivity contribution < 1.29 is 0 Å². The van der Waals surface area contributed by atoms with Crippen molar-refractivity contribution in [3.63, 3.8) is 0 Å². The molecule has 3 heteroatoms. The smallest absolute Gasteiger partial charge is 0.110 e. The molecule has 0 aliphatic carbocycles. The van der Waals surface area contributed by atoms with Gasteiger partial charge in [-0.2, -0.15) is 0 Å². The highest BCUT2D eigenvalue weighted by molar-refractivity contribution is 7.09. The van der Waals surface area contributed by atoms with Gasteiger partial charge in [-0.05, 0) is 25.8 Å². The van der Waals surface area contributed by atoms with E-state index in [2.05, 4.69) is 36.5 Å². The third kappa shape index (κ3) is 3.39. The Balaban J connectivity index is 2.72. The monoisotopic (exact) mass is 212 g/mol. The predicted molar refractivity (Wildman–Crippen MR) is 62.7 cm³/mol. The van der Waals surface area contributed by atoms with E-state index in [4.69, 9.17) is 0 Å². The maximum Gasteiger partial charge on any atom is 0.110 e. The van der Waals surface area contributed by atoms with Crippen LogP contribution in [0.3, 0.4) is 0 Å². The fourth-order valence-corrected chi connectivity index (χ4v) is 2.36. The van der Waals surface area contributed by atoms with E-state index in [1.807, 2.05) is 14.0 Å². The Bertz CT molecular complexity index is 286. The summed E-state index contributed by atoms with van der Waals surface area (Å²) < 4.78 is 0. The zero-order valence-corrected chi connectivity index (χ0v) is 10.5. The van der Waals surface area contributed by atoms with Crippen LogP contribution >= 0.6 is 11.3 Å². The molecule has 0 bridgehead atoms. The van der Waals surface area contributed by atoms with Gasteiger partial charge in [0.2, 0.25) is 0 Å². The molecule has 1 aromatic heterocycles. The van der Waals surface area contributed by atoms with Crippen LogP contribution in [0.2, 0.25) is 0 Å². The summed E-state index contributed by atoms with van der Waals surface area (Å²) in [6.45, 7) is 8.83. The maximum atomic E-state index is 4.52. The molecule has 1 rings (SSSR count). The molecule has 0 amide bonds. The SMILES string of the molecule is CNC(CC(C)(C)C)c1nc(C)cs1. The maximum absolute atomic E-state index is 4.52. The zero-order valence-electron chi connectivity index (χ0n) is 9.72. The summed E-state index contributed by atoms with van der Waals surface area (Å²) in [5, 5.41) is 6.66. The molecule has 0 aliphatic rings. The number of aromatic nitrogens is 1. The molecule has 0 aromatic carbocycles. The highest BCUT2D eigenvalue weighted by atomic mass is 32.1. The third-order valence-corrected chi connectivity index (χ3v) is 3.18. The van der Waals surface area contributed by atoms with Crippen molar-refractivity contribution in [1.82, 2.24) is 10.3 Å². The average molecular weight is 212 g/mol. The Kier molecular flexibility index (Phi) is 3.67. The van der Waals surface area contributed by atoms with Gasteiger partial charge in [-0.15, -0.1) is 11.3 Å². The third-order valence-electron chi connectivity index (χ3n) is 2.10. The van der Waals surface area contributed by atoms with Crippen molar-refractivity contribution >= 4 is 11.3 Å². The Labute approximate surface area is 90.8 Å². The largest absolute Gasteiger partial charge is 0.311 e. The summed E-state index contributed by atoms with van der Waals surface area (Å²) in [6.07, 6.45) is 1.12. The van der Waals surface area contributed by atoms with E-state index in [0.29, 0.717) is 11.5 Å². The molecule has 1 aromatic rings. The van der Waals surface area contributed by atoms with Crippen LogP contribution in [0.4, 0.5) is 0 Å². The Morgan fingerprint density at radius 3 is 2.50 bits per heavy atom. The molecular weight excluding hydrogens is 192 g/mol. The number of rotatable bonds is 3. The van der Waals surface area contributed by atoms with Crippen molar-refractivity contribution in [3.05, 3.63) is 16.1 Å². The van der Waals surface area contributed by atoms with E-state index in [0.717, 1.165) is 12.1 Å². The molecule has 14 heavy (non-hydrogen) atoms. The first-order chi connectivity index (χ1) is 6.42. The first-order valence-corrected chi connectivity index (χ1v) is 5.89. The number of nitrogens with one attached hydrogen (secondary N) is 1. The van der Waals surface area contributed by atoms with Gasteiger partial charge in [0.25, 0.3) is 0 Å². The number of nitrogens with zero attached hydrogens (tertiary/aromatic N) is 1. The second-order valence-corrected chi connectivity index (χ2v) is 5.82. The quantitative estimate of drug-likeness (QED) is 0.832. The number of thiazole rings is 1. The number of hydrogen-bond acceptors (Lipinski definition) is 3. The summed E-state index contributed by atoms with van der Waals surface area (Å²) in [4.78, 5) is 4.52. The minimum absolute atomic E-state index is 0.341. The molecule has 0 fully saturated rings.